The third-order valence-corrected chi connectivity index (χ3v) is 3.38. The van der Waals surface area contributed by atoms with Crippen LogP contribution in [0, 0.1) is 22.0 Å². The third-order valence-electron chi connectivity index (χ3n) is 3.38. The Morgan fingerprint density at radius 3 is 2.72 bits per heavy atom. The first-order chi connectivity index (χ1) is 8.52. The SMILES string of the molecule is CCc1ccc(NC(=O)[C@@H]2C[C@H]2C)cc1[N+](=O)[O-]. The fourth-order valence-corrected chi connectivity index (χ4v) is 2.03. The molecule has 18 heavy (non-hydrogen) atoms. The number of aryl methyl sites for hydroxylation is 1. The van der Waals surface area contributed by atoms with E-state index in [2.05, 4.69) is 5.32 Å². The maximum Gasteiger partial charge on any atom is 0.274 e. The molecule has 1 fully saturated rings. The van der Waals surface area contributed by atoms with E-state index in [0.29, 0.717) is 23.6 Å². The quantitative estimate of drug-likeness (QED) is 0.657. The van der Waals surface area contributed by atoms with Crippen LogP contribution in [0.2, 0.25) is 0 Å². The zero-order valence-electron chi connectivity index (χ0n) is 10.5. The van der Waals surface area contributed by atoms with Crippen LogP contribution in [0.4, 0.5) is 11.4 Å². The largest absolute Gasteiger partial charge is 0.326 e. The average molecular weight is 248 g/mol. The van der Waals surface area contributed by atoms with E-state index in [4.69, 9.17) is 0 Å². The minimum absolute atomic E-state index is 0.0407. The molecule has 5 heteroatoms. The molecule has 0 unspecified atom stereocenters. The maximum absolute atomic E-state index is 11.7. The van der Waals surface area contributed by atoms with Gasteiger partial charge >= 0.3 is 0 Å². The van der Waals surface area contributed by atoms with Gasteiger partial charge in [-0.15, -0.1) is 0 Å². The lowest BCUT2D eigenvalue weighted by molar-refractivity contribution is -0.385. The van der Waals surface area contributed by atoms with Crippen LogP contribution in [0.15, 0.2) is 18.2 Å². The van der Waals surface area contributed by atoms with E-state index in [0.717, 1.165) is 6.42 Å². The number of hydrogen-bond donors (Lipinski definition) is 1. The lowest BCUT2D eigenvalue weighted by Crippen LogP contribution is -2.14. The summed E-state index contributed by atoms with van der Waals surface area (Å²) >= 11 is 0. The molecule has 0 saturated heterocycles. The van der Waals surface area contributed by atoms with Crippen molar-refractivity contribution in [3.05, 3.63) is 33.9 Å². The van der Waals surface area contributed by atoms with Gasteiger partial charge in [0.1, 0.15) is 0 Å². The molecular weight excluding hydrogens is 232 g/mol. The van der Waals surface area contributed by atoms with Gasteiger partial charge in [-0.05, 0) is 24.8 Å². The van der Waals surface area contributed by atoms with Crippen molar-refractivity contribution < 1.29 is 9.72 Å². The van der Waals surface area contributed by atoms with Crippen molar-refractivity contribution >= 4 is 17.3 Å². The van der Waals surface area contributed by atoms with Crippen molar-refractivity contribution in [2.45, 2.75) is 26.7 Å². The van der Waals surface area contributed by atoms with Crippen LogP contribution < -0.4 is 5.32 Å². The van der Waals surface area contributed by atoms with Gasteiger partial charge < -0.3 is 5.32 Å². The highest BCUT2D eigenvalue weighted by atomic mass is 16.6. The number of carbonyl (C=O) groups is 1. The van der Waals surface area contributed by atoms with E-state index in [9.17, 15) is 14.9 Å². The van der Waals surface area contributed by atoms with Gasteiger partial charge in [-0.25, -0.2) is 0 Å². The number of anilines is 1. The van der Waals surface area contributed by atoms with Crippen molar-refractivity contribution in [2.24, 2.45) is 11.8 Å². The predicted octanol–water partition coefficient (Wildman–Crippen LogP) is 2.75. The Morgan fingerprint density at radius 2 is 2.22 bits per heavy atom. The summed E-state index contributed by atoms with van der Waals surface area (Å²) in [5, 5.41) is 13.6. The molecule has 0 radical (unpaired) electrons. The molecule has 2 rings (SSSR count). The van der Waals surface area contributed by atoms with Gasteiger partial charge in [0.2, 0.25) is 5.91 Å². The Morgan fingerprint density at radius 1 is 1.56 bits per heavy atom. The zero-order chi connectivity index (χ0) is 13.3. The van der Waals surface area contributed by atoms with Crippen molar-refractivity contribution in [1.82, 2.24) is 0 Å². The molecule has 0 aromatic heterocycles. The average Bonchev–Trinajstić information content (AvgIpc) is 3.06. The predicted molar refractivity (Wildman–Crippen MR) is 68.4 cm³/mol. The van der Waals surface area contributed by atoms with Crippen molar-refractivity contribution in [3.63, 3.8) is 0 Å². The van der Waals surface area contributed by atoms with Gasteiger partial charge in [0.25, 0.3) is 5.69 Å². The summed E-state index contributed by atoms with van der Waals surface area (Å²) in [4.78, 5) is 22.2. The van der Waals surface area contributed by atoms with Crippen LogP contribution in [-0.2, 0) is 11.2 Å². The lowest BCUT2D eigenvalue weighted by atomic mass is 10.1. The number of benzene rings is 1. The topological polar surface area (TPSA) is 72.2 Å². The van der Waals surface area contributed by atoms with Gasteiger partial charge in [-0.3, -0.25) is 14.9 Å². The highest BCUT2D eigenvalue weighted by molar-refractivity contribution is 5.94. The summed E-state index contributed by atoms with van der Waals surface area (Å²) < 4.78 is 0. The van der Waals surface area contributed by atoms with E-state index in [1.165, 1.54) is 6.07 Å². The van der Waals surface area contributed by atoms with Crippen LogP contribution in [0.25, 0.3) is 0 Å². The Balaban J connectivity index is 2.16. The second-order valence-corrected chi connectivity index (χ2v) is 4.76. The molecule has 0 aliphatic heterocycles. The second kappa shape index (κ2) is 4.76. The number of nitro benzene ring substituents is 1. The fourth-order valence-electron chi connectivity index (χ4n) is 2.03. The molecule has 2 atom stereocenters. The number of amides is 1. The van der Waals surface area contributed by atoms with E-state index < -0.39 is 4.92 Å². The van der Waals surface area contributed by atoms with Crippen molar-refractivity contribution in [1.29, 1.82) is 0 Å². The molecule has 96 valence electrons. The minimum Gasteiger partial charge on any atom is -0.326 e. The first-order valence-electron chi connectivity index (χ1n) is 6.11. The Bertz CT molecular complexity index is 499. The van der Waals surface area contributed by atoms with Crippen LogP contribution in [0.1, 0.15) is 25.8 Å². The maximum atomic E-state index is 11.7. The van der Waals surface area contributed by atoms with E-state index in [-0.39, 0.29) is 17.5 Å². The number of nitrogens with zero attached hydrogens (tertiary/aromatic N) is 1. The highest BCUT2D eigenvalue weighted by Gasteiger charge is 2.39. The summed E-state index contributed by atoms with van der Waals surface area (Å²) in [5.41, 5.74) is 1.25. The minimum atomic E-state index is -0.408. The Labute approximate surface area is 105 Å². The molecule has 0 bridgehead atoms. The third kappa shape index (κ3) is 2.50. The van der Waals surface area contributed by atoms with E-state index >= 15 is 0 Å². The molecule has 0 spiro atoms. The summed E-state index contributed by atoms with van der Waals surface area (Å²) in [6, 6.07) is 4.85. The first kappa shape index (κ1) is 12.5. The summed E-state index contributed by atoms with van der Waals surface area (Å²) in [6.07, 6.45) is 1.51. The molecule has 0 heterocycles. The van der Waals surface area contributed by atoms with Gasteiger partial charge in [0, 0.05) is 23.2 Å². The van der Waals surface area contributed by atoms with Crippen molar-refractivity contribution in [2.75, 3.05) is 5.32 Å². The highest BCUT2D eigenvalue weighted by Crippen LogP contribution is 2.38. The van der Waals surface area contributed by atoms with Crippen LogP contribution in [-0.4, -0.2) is 10.8 Å². The number of nitro groups is 1. The molecule has 1 aliphatic carbocycles. The van der Waals surface area contributed by atoms with Gasteiger partial charge in [0.05, 0.1) is 4.92 Å². The smallest absolute Gasteiger partial charge is 0.274 e. The second-order valence-electron chi connectivity index (χ2n) is 4.76. The molecule has 1 aromatic carbocycles. The molecule has 1 aliphatic rings. The van der Waals surface area contributed by atoms with Gasteiger partial charge in [-0.1, -0.05) is 19.9 Å². The van der Waals surface area contributed by atoms with E-state index in [1.54, 1.807) is 12.1 Å². The van der Waals surface area contributed by atoms with Crippen LogP contribution in [0.3, 0.4) is 0 Å². The van der Waals surface area contributed by atoms with Crippen LogP contribution in [0.5, 0.6) is 0 Å². The van der Waals surface area contributed by atoms with Gasteiger partial charge in [0.15, 0.2) is 0 Å². The van der Waals surface area contributed by atoms with Gasteiger partial charge in [-0.2, -0.15) is 0 Å². The molecule has 1 amide bonds. The first-order valence-corrected chi connectivity index (χ1v) is 6.11. The summed E-state index contributed by atoms with van der Waals surface area (Å²) in [6.45, 7) is 3.89. The molecule has 1 aromatic rings. The standard InChI is InChI=1S/C13H16N2O3/c1-3-9-4-5-10(7-12(9)15(17)18)14-13(16)11-6-8(11)2/h4-5,7-8,11H,3,6H2,1-2H3,(H,14,16)/t8-,11-/m1/s1. The number of nitrogens with one attached hydrogen (secondary N) is 1. The molecular formula is C13H16N2O3. The fraction of sp³-hybridized carbons (Fsp3) is 0.462. The Kier molecular flexibility index (Phi) is 3.32. The number of rotatable bonds is 4. The normalized spacial score (nSPS) is 21.4. The monoisotopic (exact) mass is 248 g/mol. The summed E-state index contributed by atoms with van der Waals surface area (Å²) in [7, 11) is 0. The van der Waals surface area contributed by atoms with Crippen molar-refractivity contribution in [3.8, 4) is 0 Å². The summed E-state index contributed by atoms with van der Waals surface area (Å²) in [5.74, 6) is 0.450. The molecule has 1 N–H and O–H groups in total. The Hall–Kier alpha value is -1.91. The lowest BCUT2D eigenvalue weighted by Gasteiger charge is -2.06. The van der Waals surface area contributed by atoms with Crippen LogP contribution >= 0.6 is 0 Å². The molecule has 1 saturated carbocycles. The molecule has 5 nitrogen and oxygen atoms in total. The number of carbonyl (C=O) groups excluding carboxylic acids is 1. The zero-order valence-corrected chi connectivity index (χ0v) is 10.5. The number of hydrogen-bond acceptors (Lipinski definition) is 3. The van der Waals surface area contributed by atoms with E-state index in [1.807, 2.05) is 13.8 Å².